The molecule has 1 N–H and O–H groups in total. The molecule has 1 amide bonds. The first kappa shape index (κ1) is 14.1. The van der Waals surface area contributed by atoms with E-state index in [1.807, 2.05) is 12.1 Å². The van der Waals surface area contributed by atoms with Crippen LogP contribution >= 0.6 is 0 Å². The van der Waals surface area contributed by atoms with Crippen LogP contribution in [0.3, 0.4) is 0 Å². The molecule has 1 aromatic carbocycles. The number of aromatic nitrogens is 1. The Hall–Kier alpha value is -1.81. The zero-order valence-electron chi connectivity index (χ0n) is 13.2. The van der Waals surface area contributed by atoms with Crippen molar-refractivity contribution in [3.8, 4) is 0 Å². The summed E-state index contributed by atoms with van der Waals surface area (Å²) in [6.45, 7) is 0. The quantitative estimate of drug-likeness (QED) is 0.919. The number of hydrogen-bond donors (Lipinski definition) is 1. The molecule has 0 saturated carbocycles. The number of carbonyl (C=O) groups excluding carboxylic acids is 1. The summed E-state index contributed by atoms with van der Waals surface area (Å²) < 4.78 is 0. The van der Waals surface area contributed by atoms with Crippen LogP contribution in [-0.2, 0) is 12.8 Å². The Morgan fingerprint density at radius 2 is 2.00 bits per heavy atom. The predicted molar refractivity (Wildman–Crippen MR) is 85.8 cm³/mol. The highest BCUT2D eigenvalue weighted by atomic mass is 16.2. The van der Waals surface area contributed by atoms with Gasteiger partial charge in [0.2, 0.25) is 0 Å². The number of rotatable bonds is 2. The summed E-state index contributed by atoms with van der Waals surface area (Å²) in [7, 11) is 7.88. The van der Waals surface area contributed by atoms with Gasteiger partial charge in [0.05, 0.1) is 11.1 Å². The predicted octanol–water partition coefficient (Wildman–Crippen LogP) is 2.29. The van der Waals surface area contributed by atoms with E-state index in [9.17, 15) is 4.79 Å². The van der Waals surface area contributed by atoms with Crippen molar-refractivity contribution >= 4 is 16.8 Å². The number of carbonyl (C=O) groups is 1. The van der Waals surface area contributed by atoms with Gasteiger partial charge in [-0.3, -0.25) is 4.79 Å². The van der Waals surface area contributed by atoms with E-state index >= 15 is 0 Å². The van der Waals surface area contributed by atoms with Crippen LogP contribution in [0.15, 0.2) is 18.2 Å². The zero-order valence-corrected chi connectivity index (χ0v) is 13.2. The molecule has 1 aromatic heterocycles. The Labute approximate surface area is 125 Å². The number of para-hydroxylation sites is 1. The van der Waals surface area contributed by atoms with E-state index in [2.05, 4.69) is 30.0 Å². The second-order valence-electron chi connectivity index (χ2n) is 6.37. The van der Waals surface area contributed by atoms with Gasteiger partial charge in [-0.05, 0) is 45.0 Å². The van der Waals surface area contributed by atoms with Gasteiger partial charge in [-0.2, -0.15) is 0 Å². The molecule has 1 atom stereocenters. The molecule has 3 rings (SSSR count). The van der Waals surface area contributed by atoms with Crippen LogP contribution in [0.5, 0.6) is 0 Å². The van der Waals surface area contributed by atoms with Crippen molar-refractivity contribution < 1.29 is 4.79 Å². The summed E-state index contributed by atoms with van der Waals surface area (Å²) >= 11 is 0. The van der Waals surface area contributed by atoms with E-state index in [1.165, 1.54) is 23.1 Å². The number of hydrogen-bond acceptors (Lipinski definition) is 2. The number of nitrogens with one attached hydrogen (secondary N) is 1. The lowest BCUT2D eigenvalue weighted by Gasteiger charge is -2.28. The molecule has 4 nitrogen and oxygen atoms in total. The van der Waals surface area contributed by atoms with Crippen molar-refractivity contribution in [2.45, 2.75) is 25.3 Å². The summed E-state index contributed by atoms with van der Waals surface area (Å²) in [5, 5.41) is 1.21. The fraction of sp³-hybridized carbons (Fsp3) is 0.471. The van der Waals surface area contributed by atoms with Gasteiger partial charge < -0.3 is 14.8 Å². The molecule has 0 aliphatic heterocycles. The molecule has 2 aromatic rings. The number of benzene rings is 1. The van der Waals surface area contributed by atoms with Crippen LogP contribution in [0.2, 0.25) is 0 Å². The molecule has 1 heterocycles. The third-order valence-electron chi connectivity index (χ3n) is 4.56. The minimum atomic E-state index is 0.0587. The number of likely N-dealkylation sites (N-methyl/N-ethyl adjacent to an activating group) is 1. The molecule has 1 unspecified atom stereocenters. The highest BCUT2D eigenvalue weighted by Crippen LogP contribution is 2.32. The molecule has 112 valence electrons. The summed E-state index contributed by atoms with van der Waals surface area (Å²) in [6, 6.07) is 6.63. The Kier molecular flexibility index (Phi) is 3.49. The molecule has 4 heteroatoms. The number of H-pyrrole nitrogens is 1. The lowest BCUT2D eigenvalue weighted by Crippen LogP contribution is -2.33. The van der Waals surface area contributed by atoms with Crippen molar-refractivity contribution in [1.82, 2.24) is 14.8 Å². The third kappa shape index (κ3) is 2.33. The second-order valence-corrected chi connectivity index (χ2v) is 6.37. The SMILES string of the molecule is CN(C)C(=O)c1cccc2c3c([nH]c12)CCC(N(C)C)C3. The summed E-state index contributed by atoms with van der Waals surface area (Å²) in [4.78, 5) is 19.8. The topological polar surface area (TPSA) is 39.3 Å². The maximum atomic E-state index is 12.3. The maximum Gasteiger partial charge on any atom is 0.255 e. The van der Waals surface area contributed by atoms with E-state index in [0.717, 1.165) is 23.9 Å². The lowest BCUT2D eigenvalue weighted by molar-refractivity contribution is 0.0829. The van der Waals surface area contributed by atoms with Gasteiger partial charge >= 0.3 is 0 Å². The molecular weight excluding hydrogens is 262 g/mol. The van der Waals surface area contributed by atoms with E-state index in [1.54, 1.807) is 19.0 Å². The van der Waals surface area contributed by atoms with Gasteiger partial charge in [0.15, 0.2) is 0 Å². The second kappa shape index (κ2) is 5.19. The minimum Gasteiger partial charge on any atom is -0.358 e. The van der Waals surface area contributed by atoms with Crippen molar-refractivity contribution in [2.24, 2.45) is 0 Å². The van der Waals surface area contributed by atoms with Crippen LogP contribution < -0.4 is 0 Å². The minimum absolute atomic E-state index is 0.0587. The lowest BCUT2D eigenvalue weighted by atomic mass is 9.90. The van der Waals surface area contributed by atoms with Crippen LogP contribution in [0.25, 0.3) is 10.9 Å². The van der Waals surface area contributed by atoms with Crippen molar-refractivity contribution in [3.05, 3.63) is 35.0 Å². The number of fused-ring (bicyclic) bond motifs is 3. The Morgan fingerprint density at radius 3 is 2.67 bits per heavy atom. The summed E-state index contributed by atoms with van der Waals surface area (Å²) in [5.74, 6) is 0.0587. The van der Waals surface area contributed by atoms with Gasteiger partial charge in [0.1, 0.15) is 0 Å². The molecule has 1 aliphatic rings. The van der Waals surface area contributed by atoms with Gasteiger partial charge in [-0.25, -0.2) is 0 Å². The molecule has 0 spiro atoms. The number of aromatic amines is 1. The number of aryl methyl sites for hydroxylation is 1. The maximum absolute atomic E-state index is 12.3. The molecule has 21 heavy (non-hydrogen) atoms. The molecule has 0 bridgehead atoms. The molecule has 0 saturated heterocycles. The standard InChI is InChI=1S/C17H23N3O/c1-19(2)11-8-9-15-14(10-11)12-6-5-7-13(16(12)18-15)17(21)20(3)4/h5-7,11,18H,8-10H2,1-4H3. The van der Waals surface area contributed by atoms with Gasteiger partial charge in [0, 0.05) is 31.2 Å². The Morgan fingerprint density at radius 1 is 1.24 bits per heavy atom. The summed E-state index contributed by atoms with van der Waals surface area (Å²) in [5.41, 5.74) is 4.47. The van der Waals surface area contributed by atoms with E-state index in [-0.39, 0.29) is 5.91 Å². The fourth-order valence-corrected chi connectivity index (χ4v) is 3.28. The van der Waals surface area contributed by atoms with Crippen molar-refractivity contribution in [2.75, 3.05) is 28.2 Å². The number of amides is 1. The van der Waals surface area contributed by atoms with E-state index < -0.39 is 0 Å². The highest BCUT2D eigenvalue weighted by molar-refractivity contribution is 6.06. The van der Waals surface area contributed by atoms with Gasteiger partial charge in [-0.15, -0.1) is 0 Å². The Bertz CT molecular complexity index is 685. The molecular formula is C17H23N3O. The zero-order chi connectivity index (χ0) is 15.1. The normalized spacial score (nSPS) is 18.0. The summed E-state index contributed by atoms with van der Waals surface area (Å²) in [6.07, 6.45) is 3.29. The van der Waals surface area contributed by atoms with Gasteiger partial charge in [0.25, 0.3) is 5.91 Å². The monoisotopic (exact) mass is 285 g/mol. The first-order chi connectivity index (χ1) is 9.99. The smallest absolute Gasteiger partial charge is 0.255 e. The molecule has 1 aliphatic carbocycles. The van der Waals surface area contributed by atoms with Gasteiger partial charge in [-0.1, -0.05) is 12.1 Å². The van der Waals surface area contributed by atoms with Crippen molar-refractivity contribution in [1.29, 1.82) is 0 Å². The highest BCUT2D eigenvalue weighted by Gasteiger charge is 2.25. The van der Waals surface area contributed by atoms with E-state index in [0.29, 0.717) is 6.04 Å². The number of nitrogens with zero attached hydrogens (tertiary/aromatic N) is 2. The van der Waals surface area contributed by atoms with Crippen LogP contribution in [-0.4, -0.2) is 54.9 Å². The molecule has 0 fully saturated rings. The van der Waals surface area contributed by atoms with Crippen LogP contribution in [0, 0.1) is 0 Å². The van der Waals surface area contributed by atoms with Crippen LogP contribution in [0.1, 0.15) is 28.0 Å². The average Bonchev–Trinajstić information content (AvgIpc) is 2.83. The first-order valence-corrected chi connectivity index (χ1v) is 7.49. The largest absolute Gasteiger partial charge is 0.358 e. The van der Waals surface area contributed by atoms with Crippen LogP contribution in [0.4, 0.5) is 0 Å². The third-order valence-corrected chi connectivity index (χ3v) is 4.56. The fourth-order valence-electron chi connectivity index (χ4n) is 3.28. The molecule has 0 radical (unpaired) electrons. The van der Waals surface area contributed by atoms with E-state index in [4.69, 9.17) is 0 Å². The van der Waals surface area contributed by atoms with Crippen molar-refractivity contribution in [3.63, 3.8) is 0 Å². The Balaban J connectivity index is 2.11. The average molecular weight is 285 g/mol. The first-order valence-electron chi connectivity index (χ1n) is 7.49.